The number of rotatable bonds is 15. The fraction of sp³-hybridized carbons (Fsp3) is 0.291. The van der Waals surface area contributed by atoms with E-state index in [4.69, 9.17) is 34.8 Å². The molecule has 0 radical (unpaired) electrons. The lowest BCUT2D eigenvalue weighted by atomic mass is 9.99. The Kier molecular flexibility index (Phi) is 24.9. The van der Waals surface area contributed by atoms with Crippen LogP contribution in [0.25, 0.3) is 0 Å². The number of amides is 3. The van der Waals surface area contributed by atoms with E-state index in [0.717, 1.165) is 31.1 Å². The van der Waals surface area contributed by atoms with Crippen LogP contribution in [0.15, 0.2) is 127 Å². The Balaban J connectivity index is 0.000000216. The zero-order valence-electron chi connectivity index (χ0n) is 46.4. The number of hydrogen-bond acceptors (Lipinski definition) is 12. The summed E-state index contributed by atoms with van der Waals surface area (Å²) in [5, 5.41) is 6.93. The van der Waals surface area contributed by atoms with Gasteiger partial charge in [0.1, 0.15) is 52.8 Å². The van der Waals surface area contributed by atoms with Gasteiger partial charge in [-0.15, -0.1) is 0 Å². The van der Waals surface area contributed by atoms with Crippen LogP contribution in [0.1, 0.15) is 61.5 Å². The second kappa shape index (κ2) is 31.1. The third-order valence-electron chi connectivity index (χ3n) is 13.6. The standard InChI is InChI=1S/3C18H17ClF3N3O4S.CH4/c3*1-25-16(17(26)23-11-5-6-14(20)13(19)8-11)9-15(24-30(25,27)28)10-3-2-4-12(7-10)29-18(21)22;/h3*2-8,15-16,18,24H,9H2,1H3,(H,23,26);1H4/t15-,16?;;;/m0.../s1. The van der Waals surface area contributed by atoms with E-state index in [1.54, 1.807) is 0 Å². The molecule has 494 valence electrons. The maximum atomic E-state index is 13.3. The molecule has 3 aliphatic rings. The van der Waals surface area contributed by atoms with Gasteiger partial charge in [0.05, 0.1) is 33.2 Å². The number of nitrogens with one attached hydrogen (secondary N) is 6. The van der Waals surface area contributed by atoms with Crippen molar-refractivity contribution < 1.29 is 93.4 Å². The Morgan fingerprint density at radius 1 is 0.440 bits per heavy atom. The molecule has 3 saturated heterocycles. The molecule has 6 aromatic carbocycles. The Hall–Kier alpha value is -7.02. The number of carbonyl (C=O) groups excluding carboxylic acids is 3. The van der Waals surface area contributed by atoms with Gasteiger partial charge in [-0.2, -0.15) is 78.7 Å². The molecule has 91 heavy (non-hydrogen) atoms. The highest BCUT2D eigenvalue weighted by atomic mass is 35.5. The second-order valence-corrected chi connectivity index (χ2v) is 26.0. The molecule has 0 aliphatic carbocycles. The van der Waals surface area contributed by atoms with Crippen molar-refractivity contribution in [2.75, 3.05) is 37.1 Å². The Morgan fingerprint density at radius 3 is 0.901 bits per heavy atom. The summed E-state index contributed by atoms with van der Waals surface area (Å²) in [6, 6.07) is 21.4. The largest absolute Gasteiger partial charge is 0.435 e. The van der Waals surface area contributed by atoms with E-state index in [1.807, 2.05) is 0 Å². The monoisotopic (exact) mass is 1410 g/mol. The SMILES string of the molecule is C.CN1C(C(=O)Nc2ccc(F)c(Cl)c2)CC(c2cccc(OC(F)F)c2)NS1(=O)=O.CN1C(C(=O)Nc2ccc(F)c(Cl)c2)CC(c2cccc(OC(F)F)c2)NS1(=O)=O.CN1C(C(=O)Nc2ccc(F)c(Cl)c2)C[C@@H](c2cccc(OC(F)F)c2)NS1(=O)=O. The van der Waals surface area contributed by atoms with Crippen molar-refractivity contribution in [3.8, 4) is 17.2 Å². The first-order valence-corrected chi connectivity index (χ1v) is 31.3. The van der Waals surface area contributed by atoms with E-state index in [0.29, 0.717) is 16.7 Å². The molecule has 3 aliphatic heterocycles. The summed E-state index contributed by atoms with van der Waals surface area (Å²) >= 11 is 17.1. The zero-order chi connectivity index (χ0) is 66.2. The zero-order valence-corrected chi connectivity index (χ0v) is 51.2. The quantitative estimate of drug-likeness (QED) is 0.0525. The van der Waals surface area contributed by atoms with Gasteiger partial charge in [-0.25, -0.2) is 13.2 Å². The molecule has 3 amide bonds. The van der Waals surface area contributed by atoms with Gasteiger partial charge in [0, 0.05) is 38.2 Å². The van der Waals surface area contributed by atoms with E-state index >= 15 is 0 Å². The molecule has 3 fully saturated rings. The van der Waals surface area contributed by atoms with Crippen LogP contribution in [0.3, 0.4) is 0 Å². The lowest BCUT2D eigenvalue weighted by molar-refractivity contribution is -0.120. The Labute approximate surface area is 531 Å². The number of carbonyl (C=O) groups is 3. The maximum absolute atomic E-state index is 13.3. The molecule has 0 bridgehead atoms. The van der Waals surface area contributed by atoms with Crippen molar-refractivity contribution in [2.24, 2.45) is 0 Å². The summed E-state index contributed by atoms with van der Waals surface area (Å²) < 4.78 is 213. The van der Waals surface area contributed by atoms with Crippen molar-refractivity contribution in [2.45, 2.75) is 82.8 Å². The third-order valence-corrected chi connectivity index (χ3v) is 19.3. The Morgan fingerprint density at radius 2 is 0.681 bits per heavy atom. The number of nitrogens with zero attached hydrogens (tertiary/aromatic N) is 3. The molecule has 3 heterocycles. The van der Waals surface area contributed by atoms with Crippen LogP contribution in [0.5, 0.6) is 17.2 Å². The lowest BCUT2D eigenvalue weighted by Crippen LogP contribution is -2.55. The van der Waals surface area contributed by atoms with Gasteiger partial charge in [0.15, 0.2) is 0 Å². The topological polar surface area (TPSA) is 263 Å². The maximum Gasteiger partial charge on any atom is 0.387 e. The van der Waals surface area contributed by atoms with Crippen molar-refractivity contribution in [3.63, 3.8) is 0 Å². The molecule has 0 saturated carbocycles. The molecule has 36 heteroatoms. The summed E-state index contributed by atoms with van der Waals surface area (Å²) in [6.45, 7) is -9.10. The molecular weight excluding hydrogens is 1350 g/mol. The Bertz CT molecular complexity index is 3560. The first-order chi connectivity index (χ1) is 42.2. The number of likely N-dealkylation sites (N-methyl/N-ethyl adjacent to an activating group) is 3. The molecule has 5 unspecified atom stereocenters. The molecule has 0 spiro atoms. The molecule has 0 aromatic heterocycles. The van der Waals surface area contributed by atoms with Crippen LogP contribution in [0.4, 0.5) is 56.6 Å². The highest BCUT2D eigenvalue weighted by Crippen LogP contribution is 2.35. The number of benzene rings is 6. The third kappa shape index (κ3) is 19.5. The van der Waals surface area contributed by atoms with Crippen LogP contribution in [-0.2, 0) is 45.0 Å². The summed E-state index contributed by atoms with van der Waals surface area (Å²) in [5.74, 6) is -4.37. The first kappa shape index (κ1) is 73.0. The normalized spacial score (nSPS) is 21.2. The molecule has 6 N–H and O–H groups in total. The molecule has 9 rings (SSSR count). The summed E-state index contributed by atoms with van der Waals surface area (Å²) in [7, 11) is -8.45. The number of anilines is 3. The van der Waals surface area contributed by atoms with Crippen molar-refractivity contribution >= 4 is 100 Å². The van der Waals surface area contributed by atoms with Gasteiger partial charge < -0.3 is 30.2 Å². The van der Waals surface area contributed by atoms with E-state index in [-0.39, 0.29) is 76.1 Å². The predicted molar refractivity (Wildman–Crippen MR) is 319 cm³/mol. The highest BCUT2D eigenvalue weighted by Gasteiger charge is 2.44. The minimum absolute atomic E-state index is 0. The number of hydrogen-bond donors (Lipinski definition) is 6. The van der Waals surface area contributed by atoms with Gasteiger partial charge in [-0.05, 0) is 127 Å². The van der Waals surface area contributed by atoms with Crippen LogP contribution in [-0.4, -0.2) is 115 Å². The van der Waals surface area contributed by atoms with E-state index in [1.165, 1.54) is 130 Å². The van der Waals surface area contributed by atoms with Gasteiger partial charge in [0.2, 0.25) is 17.7 Å². The van der Waals surface area contributed by atoms with Gasteiger partial charge >= 0.3 is 19.8 Å². The summed E-state index contributed by atoms with van der Waals surface area (Å²) in [4.78, 5) is 38.2. The van der Waals surface area contributed by atoms with Crippen molar-refractivity contribution in [1.29, 1.82) is 0 Å². The van der Waals surface area contributed by atoms with E-state index in [9.17, 15) is 79.2 Å². The molecular formula is C55H55Cl3F9N9O12S3. The minimum atomic E-state index is -4.05. The minimum Gasteiger partial charge on any atom is -0.435 e. The number of ether oxygens (including phenoxy) is 3. The fourth-order valence-electron chi connectivity index (χ4n) is 9.10. The van der Waals surface area contributed by atoms with Crippen LogP contribution in [0, 0.1) is 17.5 Å². The summed E-state index contributed by atoms with van der Waals surface area (Å²) in [5.41, 5.74) is 1.64. The fourth-order valence-corrected chi connectivity index (χ4v) is 13.5. The number of alkyl halides is 6. The highest BCUT2D eigenvalue weighted by molar-refractivity contribution is 7.87. The van der Waals surface area contributed by atoms with E-state index < -0.39 is 122 Å². The number of halogens is 12. The van der Waals surface area contributed by atoms with Gasteiger partial charge in [-0.3, -0.25) is 14.4 Å². The smallest absolute Gasteiger partial charge is 0.387 e. The summed E-state index contributed by atoms with van der Waals surface area (Å²) in [6.07, 6.45) is 0.0257. The second-order valence-electron chi connectivity index (χ2n) is 19.5. The van der Waals surface area contributed by atoms with Crippen LogP contribution in [0.2, 0.25) is 15.1 Å². The first-order valence-electron chi connectivity index (χ1n) is 25.9. The average molecular weight is 1410 g/mol. The van der Waals surface area contributed by atoms with E-state index in [2.05, 4.69) is 44.3 Å². The molecule has 21 nitrogen and oxygen atoms in total. The lowest BCUT2D eigenvalue weighted by Gasteiger charge is -2.36. The van der Waals surface area contributed by atoms with Crippen LogP contribution < -0.4 is 44.3 Å². The van der Waals surface area contributed by atoms with Crippen molar-refractivity contribution in [1.82, 2.24) is 27.1 Å². The molecule has 6 aromatic rings. The van der Waals surface area contributed by atoms with Gasteiger partial charge in [0.25, 0.3) is 30.6 Å². The van der Waals surface area contributed by atoms with Gasteiger partial charge in [-0.1, -0.05) is 78.6 Å². The average Bonchev–Trinajstić information content (AvgIpc) is 0.868. The van der Waals surface area contributed by atoms with Crippen molar-refractivity contribution in [3.05, 3.63) is 177 Å². The predicted octanol–water partition coefficient (Wildman–Crippen LogP) is 10.5. The van der Waals surface area contributed by atoms with Crippen LogP contribution >= 0.6 is 34.8 Å². The molecule has 6 atom stereocenters.